The van der Waals surface area contributed by atoms with Gasteiger partial charge in [-0.15, -0.1) is 0 Å². The second-order valence-electron chi connectivity index (χ2n) is 8.56. The number of fused-ring (bicyclic) bond motifs is 4. The van der Waals surface area contributed by atoms with Crippen LogP contribution in [0.25, 0.3) is 49.8 Å². The maximum Gasteiger partial charge on any atom is 0.333 e. The van der Waals surface area contributed by atoms with Gasteiger partial charge in [-0.05, 0) is 44.3 Å². The van der Waals surface area contributed by atoms with Gasteiger partial charge in [0.15, 0.2) is 5.83 Å². The van der Waals surface area contributed by atoms with Crippen molar-refractivity contribution in [3.63, 3.8) is 0 Å². The first-order valence-corrected chi connectivity index (χ1v) is 11.4. The Labute approximate surface area is 211 Å². The molecule has 0 aliphatic heterocycles. The molecule has 0 aliphatic carbocycles. The molecule has 2 aromatic carbocycles. The molecule has 188 valence electrons. The van der Waals surface area contributed by atoms with E-state index < -0.39 is 11.5 Å². The van der Waals surface area contributed by atoms with E-state index in [-0.39, 0.29) is 11.5 Å². The van der Waals surface area contributed by atoms with Crippen molar-refractivity contribution in [1.29, 1.82) is 0 Å². The van der Waals surface area contributed by atoms with Gasteiger partial charge in [-0.1, -0.05) is 6.07 Å². The molecule has 1 N–H and O–H groups in total. The summed E-state index contributed by atoms with van der Waals surface area (Å²) in [6.45, 7) is 6.81. The number of halogens is 1. The third-order valence-electron chi connectivity index (χ3n) is 6.41. The van der Waals surface area contributed by atoms with Crippen molar-refractivity contribution in [2.24, 2.45) is 12.0 Å². The van der Waals surface area contributed by atoms with E-state index in [1.807, 2.05) is 31.2 Å². The predicted octanol–water partition coefficient (Wildman–Crippen LogP) is 5.09. The lowest BCUT2D eigenvalue weighted by molar-refractivity contribution is 0.293. The largest absolute Gasteiger partial charge is 0.499 e. The summed E-state index contributed by atoms with van der Waals surface area (Å²) in [5.74, 6) is 0.854. The second-order valence-corrected chi connectivity index (χ2v) is 8.56. The topological polar surface area (TPSA) is 99.3 Å². The highest BCUT2D eigenvalue weighted by Crippen LogP contribution is 2.38. The van der Waals surface area contributed by atoms with Gasteiger partial charge < -0.3 is 14.5 Å². The Morgan fingerprint density at radius 1 is 1.22 bits per heavy atom. The second kappa shape index (κ2) is 9.05. The number of aryl methyl sites for hydroxylation is 2. The van der Waals surface area contributed by atoms with E-state index in [1.165, 1.54) is 16.2 Å². The van der Waals surface area contributed by atoms with E-state index in [1.54, 1.807) is 33.3 Å². The molecule has 3 aromatic heterocycles. The molecule has 5 aromatic rings. The van der Waals surface area contributed by atoms with Crippen LogP contribution in [0.5, 0.6) is 5.75 Å². The molecule has 5 rings (SSSR count). The third kappa shape index (κ3) is 3.77. The molecule has 0 unspecified atom stereocenters. The number of aliphatic imine (C=N–C) groups is 1. The number of hydrogen-bond donors (Lipinski definition) is 1. The number of methoxy groups -OCH3 is 2. The van der Waals surface area contributed by atoms with Gasteiger partial charge in [0, 0.05) is 24.1 Å². The van der Waals surface area contributed by atoms with Gasteiger partial charge in [0.25, 0.3) is 0 Å². The fourth-order valence-corrected chi connectivity index (χ4v) is 4.60. The number of benzene rings is 2. The normalized spacial score (nSPS) is 12.9. The van der Waals surface area contributed by atoms with E-state index in [9.17, 15) is 4.79 Å². The summed E-state index contributed by atoms with van der Waals surface area (Å²) in [5, 5.41) is 0.632. The van der Waals surface area contributed by atoms with Crippen molar-refractivity contribution in [2.75, 3.05) is 14.2 Å². The quantitative estimate of drug-likeness (QED) is 0.199. The highest BCUT2D eigenvalue weighted by atomic mass is 19.1. The average molecular weight is 501 g/mol. The molecular formula is C27H25FN6O3. The monoisotopic (exact) mass is 500 g/mol. The summed E-state index contributed by atoms with van der Waals surface area (Å²) >= 11 is 0. The maximum atomic E-state index is 15.3. The van der Waals surface area contributed by atoms with Crippen LogP contribution in [0.15, 0.2) is 64.1 Å². The molecule has 0 amide bonds. The molecular weight excluding hydrogens is 475 g/mol. The van der Waals surface area contributed by atoms with E-state index in [0.29, 0.717) is 27.7 Å². The van der Waals surface area contributed by atoms with E-state index in [2.05, 4.69) is 26.7 Å². The number of imidazole rings is 2. The Morgan fingerprint density at radius 2 is 2.00 bits per heavy atom. The van der Waals surface area contributed by atoms with Crippen LogP contribution in [-0.2, 0) is 11.8 Å². The van der Waals surface area contributed by atoms with Gasteiger partial charge in [-0.2, -0.15) is 0 Å². The van der Waals surface area contributed by atoms with Crippen LogP contribution in [-0.4, -0.2) is 45.0 Å². The molecule has 0 atom stereocenters. The first kappa shape index (κ1) is 24.0. The lowest BCUT2D eigenvalue weighted by atomic mass is 10.0. The van der Waals surface area contributed by atoms with Gasteiger partial charge in [0.2, 0.25) is 0 Å². The minimum Gasteiger partial charge on any atom is -0.499 e. The molecule has 0 bridgehead atoms. The molecule has 3 heterocycles. The molecule has 0 radical (unpaired) electrons. The summed E-state index contributed by atoms with van der Waals surface area (Å²) in [5.41, 5.74) is 4.43. The summed E-state index contributed by atoms with van der Waals surface area (Å²) in [4.78, 5) is 29.3. The molecule has 0 spiro atoms. The van der Waals surface area contributed by atoms with Crippen molar-refractivity contribution in [1.82, 2.24) is 24.1 Å². The fraction of sp³-hybridized carbons (Fsp3) is 0.185. The zero-order chi connectivity index (χ0) is 26.4. The standard InChI is InChI=1S/C27H25FN6O3/c1-14(36-5)25(19(28)12-29-3)34-26-18-10-17(16-7-8-20-22(9-16)32-15(2)31-20)24(37-6)11-21(18)30-13-23(26)33(4)27(34)35/h7-13H,3H2,1-2,4-6H3,(H,31,32)/b19-12+,25-14-. The Bertz CT molecular complexity index is 1840. The number of rotatable bonds is 6. The molecule has 0 fully saturated rings. The van der Waals surface area contributed by atoms with Gasteiger partial charge in [-0.3, -0.25) is 19.1 Å². The van der Waals surface area contributed by atoms with Crippen molar-refractivity contribution in [2.45, 2.75) is 13.8 Å². The lowest BCUT2D eigenvalue weighted by Gasteiger charge is -2.14. The number of nitrogens with zero attached hydrogens (tertiary/aromatic N) is 5. The van der Waals surface area contributed by atoms with Gasteiger partial charge >= 0.3 is 5.69 Å². The molecule has 0 aliphatic rings. The van der Waals surface area contributed by atoms with Gasteiger partial charge in [-0.25, -0.2) is 14.2 Å². The minimum atomic E-state index is -0.761. The number of ether oxygens (including phenoxy) is 2. The maximum absolute atomic E-state index is 15.3. The Morgan fingerprint density at radius 3 is 2.70 bits per heavy atom. The van der Waals surface area contributed by atoms with E-state index in [0.717, 1.165) is 34.2 Å². The fourth-order valence-electron chi connectivity index (χ4n) is 4.60. The van der Waals surface area contributed by atoms with Crippen LogP contribution in [0.3, 0.4) is 0 Å². The van der Waals surface area contributed by atoms with Crippen molar-refractivity contribution in [3.05, 3.63) is 70.6 Å². The summed E-state index contributed by atoms with van der Waals surface area (Å²) in [6, 6.07) is 9.58. The highest BCUT2D eigenvalue weighted by molar-refractivity contribution is 6.06. The number of aromatic amines is 1. The number of pyridine rings is 1. The molecule has 9 nitrogen and oxygen atoms in total. The molecule has 37 heavy (non-hydrogen) atoms. The predicted molar refractivity (Wildman–Crippen MR) is 143 cm³/mol. The SMILES string of the molecule is C=N/C=C(F)\C(=C(/C)OC)n1c(=O)n(C)c2cnc3cc(OC)c(-c4ccc5nc(C)[nH]c5c4)cc3c21. The molecule has 10 heteroatoms. The van der Waals surface area contributed by atoms with Crippen LogP contribution in [0.2, 0.25) is 0 Å². The smallest absolute Gasteiger partial charge is 0.333 e. The van der Waals surface area contributed by atoms with Crippen molar-refractivity contribution in [3.8, 4) is 16.9 Å². The average Bonchev–Trinajstić information content (AvgIpc) is 3.39. The Hall–Kier alpha value is -4.73. The molecule has 0 saturated heterocycles. The van der Waals surface area contributed by atoms with Crippen molar-refractivity contribution >= 4 is 45.4 Å². The van der Waals surface area contributed by atoms with Crippen molar-refractivity contribution < 1.29 is 13.9 Å². The Kier molecular flexibility index (Phi) is 5.87. The first-order valence-electron chi connectivity index (χ1n) is 11.4. The number of hydrogen-bond acceptors (Lipinski definition) is 6. The van der Waals surface area contributed by atoms with Gasteiger partial charge in [0.1, 0.15) is 23.0 Å². The Balaban J connectivity index is 1.91. The number of aromatic nitrogens is 5. The number of nitrogens with one attached hydrogen (secondary N) is 1. The molecule has 0 saturated carbocycles. The van der Waals surface area contributed by atoms with Crippen LogP contribution >= 0.6 is 0 Å². The number of allylic oxidation sites excluding steroid dienone is 3. The minimum absolute atomic E-state index is 0.0651. The highest BCUT2D eigenvalue weighted by Gasteiger charge is 2.23. The van der Waals surface area contributed by atoms with Gasteiger partial charge in [0.05, 0.1) is 54.2 Å². The van der Waals surface area contributed by atoms with Crippen LogP contribution in [0.1, 0.15) is 12.7 Å². The summed E-state index contributed by atoms with van der Waals surface area (Å²) in [6.07, 6.45) is 2.53. The van der Waals surface area contributed by atoms with E-state index in [4.69, 9.17) is 9.47 Å². The zero-order valence-electron chi connectivity index (χ0n) is 21.1. The number of H-pyrrole nitrogens is 1. The lowest BCUT2D eigenvalue weighted by Crippen LogP contribution is -2.23. The van der Waals surface area contributed by atoms with Crippen LogP contribution in [0.4, 0.5) is 4.39 Å². The summed E-state index contributed by atoms with van der Waals surface area (Å²) < 4.78 is 29.1. The first-order chi connectivity index (χ1) is 17.8. The zero-order valence-corrected chi connectivity index (χ0v) is 21.1. The third-order valence-corrected chi connectivity index (χ3v) is 6.41. The van der Waals surface area contributed by atoms with Crippen LogP contribution in [0, 0.1) is 6.92 Å². The van der Waals surface area contributed by atoms with Crippen LogP contribution < -0.4 is 10.4 Å². The van der Waals surface area contributed by atoms with E-state index >= 15 is 4.39 Å². The summed E-state index contributed by atoms with van der Waals surface area (Å²) in [7, 11) is 4.61.